The van der Waals surface area contributed by atoms with Crippen LogP contribution in [0.1, 0.15) is 29.2 Å². The molecule has 37 heavy (non-hydrogen) atoms. The molecular weight excluding hydrogens is 511 g/mol. The monoisotopic (exact) mass is 535 g/mol. The van der Waals surface area contributed by atoms with Crippen LogP contribution in [0.15, 0.2) is 66.3 Å². The van der Waals surface area contributed by atoms with E-state index in [1.165, 1.54) is 0 Å². The van der Waals surface area contributed by atoms with E-state index in [2.05, 4.69) is 15.3 Å². The first kappa shape index (κ1) is 27.5. The van der Waals surface area contributed by atoms with Crippen molar-refractivity contribution in [3.8, 4) is 5.75 Å². The van der Waals surface area contributed by atoms with Gasteiger partial charge in [-0.05, 0) is 47.7 Å². The number of carbonyl (C=O) groups is 2. The quantitative estimate of drug-likeness (QED) is 0.191. The number of nitrogens with zero attached hydrogens (tertiary/aromatic N) is 1. The van der Waals surface area contributed by atoms with E-state index in [-0.39, 0.29) is 12.3 Å². The largest absolute Gasteiger partial charge is 0.493 e. The zero-order valence-corrected chi connectivity index (χ0v) is 20.2. The fraction of sp³-hybridized carbons (Fsp3) is 0.240. The maximum Gasteiger partial charge on any atom is 0.490 e. The second-order valence-corrected chi connectivity index (χ2v) is 8.74. The highest BCUT2D eigenvalue weighted by atomic mass is 32.1. The van der Waals surface area contributed by atoms with Gasteiger partial charge in [-0.15, -0.1) is 11.3 Å². The van der Waals surface area contributed by atoms with Crippen LogP contribution in [-0.4, -0.2) is 51.4 Å². The van der Waals surface area contributed by atoms with Gasteiger partial charge in [-0.2, -0.15) is 13.2 Å². The number of H-pyrrole nitrogens is 1. The Morgan fingerprint density at radius 3 is 2.54 bits per heavy atom. The number of pyridine rings is 1. The number of hydrogen-bond acceptors (Lipinski definition) is 6. The van der Waals surface area contributed by atoms with Crippen LogP contribution in [0.4, 0.5) is 19.0 Å². The lowest BCUT2D eigenvalue weighted by Crippen LogP contribution is -2.21. The predicted molar refractivity (Wildman–Crippen MR) is 133 cm³/mol. The van der Waals surface area contributed by atoms with E-state index in [4.69, 9.17) is 14.6 Å². The minimum Gasteiger partial charge on any atom is -0.493 e. The number of fused-ring (bicyclic) bond motifs is 1. The Morgan fingerprint density at radius 1 is 1.14 bits per heavy atom. The van der Waals surface area contributed by atoms with Gasteiger partial charge in [0.25, 0.3) is 0 Å². The number of anilines is 1. The van der Waals surface area contributed by atoms with Crippen molar-refractivity contribution in [2.24, 2.45) is 0 Å². The Kier molecular flexibility index (Phi) is 9.50. The molecule has 0 radical (unpaired) electrons. The minimum absolute atomic E-state index is 0.0645. The molecule has 196 valence electrons. The van der Waals surface area contributed by atoms with Crippen molar-refractivity contribution in [1.29, 1.82) is 0 Å². The molecule has 4 N–H and O–H groups in total. The number of aromatic nitrogens is 2. The van der Waals surface area contributed by atoms with E-state index in [0.29, 0.717) is 6.61 Å². The number of hydrogen-bond donors (Lipinski definition) is 4. The molecule has 0 saturated carbocycles. The van der Waals surface area contributed by atoms with Gasteiger partial charge in [0.05, 0.1) is 13.0 Å². The van der Waals surface area contributed by atoms with E-state index in [9.17, 15) is 23.1 Å². The summed E-state index contributed by atoms with van der Waals surface area (Å²) in [5, 5.41) is 22.8. The van der Waals surface area contributed by atoms with Gasteiger partial charge < -0.3 is 25.3 Å². The third-order valence-electron chi connectivity index (χ3n) is 5.13. The van der Waals surface area contributed by atoms with E-state index in [1.807, 2.05) is 60.1 Å². The summed E-state index contributed by atoms with van der Waals surface area (Å²) in [5.74, 6) is -2.07. The minimum atomic E-state index is -5.08. The molecule has 8 nitrogen and oxygen atoms in total. The standard InChI is InChI=1S/C23H23N3O3S.C2HF3O2/c27-23(28)14-18(21-5-3-12-30-21)19-15-26-20-13-16(7-8-17(19)20)29-11-4-10-25-22-6-1-2-9-24-22;3-2(4,5)1(6)7/h1-3,5-9,12-13,15,18,26H,4,10-11,14H2,(H,24,25)(H,27,28);(H,6,7). The topological polar surface area (TPSA) is 125 Å². The number of thiophene rings is 1. The number of benzene rings is 1. The Balaban J connectivity index is 0.000000479. The summed E-state index contributed by atoms with van der Waals surface area (Å²) in [7, 11) is 0. The molecule has 0 amide bonds. The second kappa shape index (κ2) is 12.8. The number of aromatic amines is 1. The first-order valence-corrected chi connectivity index (χ1v) is 12.0. The summed E-state index contributed by atoms with van der Waals surface area (Å²) in [6.45, 7) is 1.37. The molecule has 1 aromatic carbocycles. The molecule has 3 aromatic heterocycles. The van der Waals surface area contributed by atoms with E-state index in [0.717, 1.165) is 45.9 Å². The highest BCUT2D eigenvalue weighted by Crippen LogP contribution is 2.36. The van der Waals surface area contributed by atoms with Crippen LogP contribution >= 0.6 is 11.3 Å². The van der Waals surface area contributed by atoms with Crippen LogP contribution in [0.5, 0.6) is 5.75 Å². The van der Waals surface area contributed by atoms with Crippen LogP contribution in [0.25, 0.3) is 10.9 Å². The van der Waals surface area contributed by atoms with Crippen molar-refractivity contribution >= 4 is 40.0 Å². The van der Waals surface area contributed by atoms with Crippen LogP contribution in [0, 0.1) is 0 Å². The zero-order chi connectivity index (χ0) is 26.8. The second-order valence-electron chi connectivity index (χ2n) is 7.76. The molecule has 0 aliphatic rings. The average Bonchev–Trinajstić information content (AvgIpc) is 3.53. The van der Waals surface area contributed by atoms with Crippen molar-refractivity contribution in [1.82, 2.24) is 9.97 Å². The number of nitrogens with one attached hydrogen (secondary N) is 2. The van der Waals surface area contributed by atoms with Gasteiger partial charge in [0.1, 0.15) is 11.6 Å². The van der Waals surface area contributed by atoms with Crippen molar-refractivity contribution < 1.29 is 37.7 Å². The third kappa shape index (κ3) is 8.24. The van der Waals surface area contributed by atoms with Crippen LogP contribution in [0.3, 0.4) is 0 Å². The van der Waals surface area contributed by atoms with E-state index in [1.54, 1.807) is 17.5 Å². The number of aliphatic carboxylic acids is 2. The molecule has 12 heteroatoms. The smallest absolute Gasteiger partial charge is 0.490 e. The number of carboxylic acids is 2. The average molecular weight is 536 g/mol. The number of rotatable bonds is 10. The lowest BCUT2D eigenvalue weighted by molar-refractivity contribution is -0.192. The molecule has 4 rings (SSSR count). The van der Waals surface area contributed by atoms with Gasteiger partial charge in [0, 0.05) is 46.7 Å². The van der Waals surface area contributed by atoms with Crippen molar-refractivity contribution in [3.63, 3.8) is 0 Å². The van der Waals surface area contributed by atoms with Gasteiger partial charge >= 0.3 is 18.1 Å². The number of halogens is 3. The summed E-state index contributed by atoms with van der Waals surface area (Å²) < 4.78 is 37.6. The van der Waals surface area contributed by atoms with Crippen LogP contribution in [-0.2, 0) is 9.59 Å². The highest BCUT2D eigenvalue weighted by Gasteiger charge is 2.38. The number of alkyl halides is 3. The summed E-state index contributed by atoms with van der Waals surface area (Å²) in [6, 6.07) is 15.6. The molecule has 0 aliphatic carbocycles. The van der Waals surface area contributed by atoms with Crippen LogP contribution in [0.2, 0.25) is 0 Å². The Bertz CT molecular complexity index is 1290. The molecule has 1 atom stereocenters. The highest BCUT2D eigenvalue weighted by molar-refractivity contribution is 7.10. The molecule has 3 heterocycles. The fourth-order valence-electron chi connectivity index (χ4n) is 3.48. The SMILES string of the molecule is O=C(O)C(F)(F)F.O=C(O)CC(c1cccs1)c1c[nH]c2cc(OCCCNc3ccccn3)ccc12. The maximum absolute atomic E-state index is 11.4. The molecule has 4 aromatic rings. The Hall–Kier alpha value is -4.06. The lowest BCUT2D eigenvalue weighted by atomic mass is 9.94. The lowest BCUT2D eigenvalue weighted by Gasteiger charge is -2.13. The van der Waals surface area contributed by atoms with Crippen molar-refractivity contribution in [2.75, 3.05) is 18.5 Å². The maximum atomic E-state index is 11.4. The Labute approximate surface area is 213 Å². The van der Waals surface area contributed by atoms with Crippen LogP contribution < -0.4 is 10.1 Å². The zero-order valence-electron chi connectivity index (χ0n) is 19.4. The van der Waals surface area contributed by atoms with Crippen molar-refractivity contribution in [2.45, 2.75) is 24.9 Å². The summed E-state index contributed by atoms with van der Waals surface area (Å²) in [6.07, 6.45) is -0.491. The number of ether oxygens (including phenoxy) is 1. The summed E-state index contributed by atoms with van der Waals surface area (Å²) in [4.78, 5) is 28.9. The van der Waals surface area contributed by atoms with Gasteiger partial charge in [-0.1, -0.05) is 12.1 Å². The van der Waals surface area contributed by atoms with Crippen molar-refractivity contribution in [3.05, 3.63) is 76.7 Å². The fourth-order valence-corrected chi connectivity index (χ4v) is 4.33. The number of carboxylic acid groups (broad SMARTS) is 2. The molecule has 0 bridgehead atoms. The van der Waals surface area contributed by atoms with E-state index < -0.39 is 18.1 Å². The molecule has 0 fully saturated rings. The third-order valence-corrected chi connectivity index (χ3v) is 6.12. The predicted octanol–water partition coefficient (Wildman–Crippen LogP) is 5.75. The molecular formula is C25H24F3N3O5S. The first-order valence-electron chi connectivity index (χ1n) is 11.1. The summed E-state index contributed by atoms with van der Waals surface area (Å²) >= 11 is 1.58. The van der Waals surface area contributed by atoms with E-state index >= 15 is 0 Å². The normalized spacial score (nSPS) is 11.9. The first-order chi connectivity index (χ1) is 17.6. The molecule has 1 unspecified atom stereocenters. The van der Waals surface area contributed by atoms with Gasteiger partial charge in [0.2, 0.25) is 0 Å². The van der Waals surface area contributed by atoms with Gasteiger partial charge in [0.15, 0.2) is 0 Å². The Morgan fingerprint density at radius 2 is 1.92 bits per heavy atom. The molecule has 0 saturated heterocycles. The van der Waals surface area contributed by atoms with Gasteiger partial charge in [-0.25, -0.2) is 9.78 Å². The molecule has 0 spiro atoms. The van der Waals surface area contributed by atoms with Gasteiger partial charge in [-0.3, -0.25) is 4.79 Å². The summed E-state index contributed by atoms with van der Waals surface area (Å²) in [5.41, 5.74) is 1.95. The molecule has 0 aliphatic heterocycles.